The summed E-state index contributed by atoms with van der Waals surface area (Å²) in [7, 11) is -1.74. The zero-order valence-electron chi connectivity index (χ0n) is 24.0. The van der Waals surface area contributed by atoms with E-state index in [4.69, 9.17) is 14.6 Å². The SMILES string of the molecule is CC(C)(C)[Si](C)(C)OCC1CCN(Cc2cc3[nH]ncc3cc2NC(=O)c2coc(-c3ccnc(N)c3)n2)CC1. The first-order chi connectivity index (χ1) is 19.0. The van der Waals surface area contributed by atoms with Gasteiger partial charge in [0.05, 0.1) is 11.7 Å². The van der Waals surface area contributed by atoms with Gasteiger partial charge in [0.25, 0.3) is 5.91 Å². The number of benzene rings is 1. The number of nitrogens with two attached hydrogens (primary N) is 1. The first-order valence-electron chi connectivity index (χ1n) is 13.8. The largest absolute Gasteiger partial charge is 0.444 e. The van der Waals surface area contributed by atoms with Gasteiger partial charge in [-0.25, -0.2) is 9.97 Å². The van der Waals surface area contributed by atoms with Crippen molar-refractivity contribution in [3.05, 3.63) is 54.2 Å². The maximum Gasteiger partial charge on any atom is 0.277 e. The van der Waals surface area contributed by atoms with Gasteiger partial charge in [-0.1, -0.05) is 20.8 Å². The second kappa shape index (κ2) is 11.1. The molecule has 5 rings (SSSR count). The second-order valence-electron chi connectivity index (χ2n) is 12.2. The normalized spacial score (nSPS) is 15.5. The van der Waals surface area contributed by atoms with Gasteiger partial charge in [-0.3, -0.25) is 14.8 Å². The Kier molecular flexibility index (Phi) is 7.80. The average Bonchev–Trinajstić information content (AvgIpc) is 3.58. The number of amides is 1. The number of nitrogens with zero attached hydrogens (tertiary/aromatic N) is 4. The highest BCUT2D eigenvalue weighted by molar-refractivity contribution is 6.74. The highest BCUT2D eigenvalue weighted by Gasteiger charge is 2.37. The van der Waals surface area contributed by atoms with Crippen LogP contribution in [0, 0.1) is 5.92 Å². The number of anilines is 2. The van der Waals surface area contributed by atoms with Crippen molar-refractivity contribution in [2.75, 3.05) is 30.7 Å². The van der Waals surface area contributed by atoms with Crippen molar-refractivity contribution in [3.63, 3.8) is 0 Å². The first kappa shape index (κ1) is 28.0. The highest BCUT2D eigenvalue weighted by atomic mass is 28.4. The van der Waals surface area contributed by atoms with Gasteiger partial charge in [0, 0.05) is 36.0 Å². The van der Waals surface area contributed by atoms with Crippen LogP contribution in [0.5, 0.6) is 0 Å². The van der Waals surface area contributed by atoms with Crippen LogP contribution in [-0.4, -0.2) is 59.0 Å². The van der Waals surface area contributed by atoms with Crippen LogP contribution >= 0.6 is 0 Å². The summed E-state index contributed by atoms with van der Waals surface area (Å²) in [4.78, 5) is 24.0. The quantitative estimate of drug-likeness (QED) is 0.234. The fourth-order valence-electron chi connectivity index (χ4n) is 4.66. The van der Waals surface area contributed by atoms with Crippen LogP contribution < -0.4 is 11.1 Å². The van der Waals surface area contributed by atoms with E-state index in [0.29, 0.717) is 23.2 Å². The second-order valence-corrected chi connectivity index (χ2v) is 17.0. The summed E-state index contributed by atoms with van der Waals surface area (Å²) in [6.45, 7) is 15.0. The molecule has 212 valence electrons. The molecular formula is C29H39N7O3Si. The molecule has 1 aliphatic rings. The van der Waals surface area contributed by atoms with Crippen LogP contribution in [0.3, 0.4) is 0 Å². The average molecular weight is 562 g/mol. The minimum Gasteiger partial charge on any atom is -0.444 e. The molecule has 0 unspecified atom stereocenters. The van der Waals surface area contributed by atoms with Crippen molar-refractivity contribution < 1.29 is 13.6 Å². The number of likely N-dealkylation sites (tertiary alicyclic amines) is 1. The molecule has 0 atom stereocenters. The summed E-state index contributed by atoms with van der Waals surface area (Å²) in [5.41, 5.74) is 9.31. The van der Waals surface area contributed by atoms with Crippen molar-refractivity contribution in [3.8, 4) is 11.5 Å². The Labute approximate surface area is 235 Å². The number of fused-ring (bicyclic) bond motifs is 1. The molecule has 1 aliphatic heterocycles. The number of rotatable bonds is 8. The summed E-state index contributed by atoms with van der Waals surface area (Å²) in [6.07, 6.45) is 6.89. The predicted molar refractivity (Wildman–Crippen MR) is 159 cm³/mol. The molecule has 3 aromatic heterocycles. The van der Waals surface area contributed by atoms with E-state index in [2.05, 4.69) is 70.3 Å². The number of aromatic amines is 1. The molecule has 0 bridgehead atoms. The zero-order valence-corrected chi connectivity index (χ0v) is 25.0. The summed E-state index contributed by atoms with van der Waals surface area (Å²) < 4.78 is 12.1. The Hall–Kier alpha value is -3.54. The van der Waals surface area contributed by atoms with Crippen molar-refractivity contribution in [1.29, 1.82) is 0 Å². The Balaban J connectivity index is 1.25. The Morgan fingerprint density at radius 1 is 1.25 bits per heavy atom. The topological polar surface area (TPSA) is 135 Å². The molecule has 1 aromatic carbocycles. The van der Waals surface area contributed by atoms with Crippen molar-refractivity contribution in [1.82, 2.24) is 25.1 Å². The molecule has 4 aromatic rings. The lowest BCUT2D eigenvalue weighted by Crippen LogP contribution is -2.43. The van der Waals surface area contributed by atoms with E-state index in [9.17, 15) is 4.79 Å². The third-order valence-electron chi connectivity index (χ3n) is 8.26. The summed E-state index contributed by atoms with van der Waals surface area (Å²) in [6, 6.07) is 7.41. The molecule has 4 N–H and O–H groups in total. The standard InChI is InChI=1S/C29H39N7O3Si/c1-29(2,3)40(4,5)39-17-19-7-10-36(11-8-19)16-22-13-24-21(15-32-35-24)12-23(22)33-27(37)25-18-38-28(34-25)20-6-9-31-26(30)14-20/h6,9,12-15,18-19H,7-8,10-11,16-17H2,1-5H3,(H2,30,31)(H,32,35)(H,33,37). The van der Waals surface area contributed by atoms with E-state index in [1.165, 1.54) is 6.26 Å². The molecule has 1 amide bonds. The smallest absolute Gasteiger partial charge is 0.277 e. The van der Waals surface area contributed by atoms with E-state index >= 15 is 0 Å². The molecule has 0 spiro atoms. The number of nitrogen functional groups attached to an aromatic ring is 1. The minimum atomic E-state index is -1.74. The lowest BCUT2D eigenvalue weighted by Gasteiger charge is -2.39. The van der Waals surface area contributed by atoms with Crippen LogP contribution in [-0.2, 0) is 11.0 Å². The van der Waals surface area contributed by atoms with Crippen LogP contribution in [0.15, 0.2) is 47.3 Å². The predicted octanol–water partition coefficient (Wildman–Crippen LogP) is 5.68. The Morgan fingerprint density at radius 2 is 2.02 bits per heavy atom. The highest BCUT2D eigenvalue weighted by Crippen LogP contribution is 2.37. The van der Waals surface area contributed by atoms with E-state index in [0.717, 1.165) is 61.2 Å². The molecule has 40 heavy (non-hydrogen) atoms. The number of carbonyl (C=O) groups excluding carboxylic acids is 1. The van der Waals surface area contributed by atoms with Gasteiger partial charge in [-0.2, -0.15) is 5.10 Å². The third kappa shape index (κ3) is 6.27. The van der Waals surface area contributed by atoms with Gasteiger partial charge in [-0.15, -0.1) is 0 Å². The van der Waals surface area contributed by atoms with Crippen molar-refractivity contribution in [2.24, 2.45) is 5.92 Å². The summed E-state index contributed by atoms with van der Waals surface area (Å²) >= 11 is 0. The molecule has 0 aliphatic carbocycles. The maximum absolute atomic E-state index is 13.2. The molecule has 10 nitrogen and oxygen atoms in total. The van der Waals surface area contributed by atoms with Gasteiger partial charge in [0.15, 0.2) is 14.0 Å². The molecular weight excluding hydrogens is 522 g/mol. The number of aromatic nitrogens is 4. The van der Waals surface area contributed by atoms with Crippen LogP contribution in [0.25, 0.3) is 22.4 Å². The van der Waals surface area contributed by atoms with E-state index in [1.807, 2.05) is 6.07 Å². The number of hydrogen-bond donors (Lipinski definition) is 3. The van der Waals surface area contributed by atoms with Gasteiger partial charge in [-0.05, 0) is 79.8 Å². The monoisotopic (exact) mass is 561 g/mol. The molecule has 0 radical (unpaired) electrons. The van der Waals surface area contributed by atoms with Gasteiger partial charge < -0.3 is 19.9 Å². The van der Waals surface area contributed by atoms with Gasteiger partial charge >= 0.3 is 0 Å². The minimum absolute atomic E-state index is 0.186. The number of H-pyrrole nitrogens is 1. The van der Waals surface area contributed by atoms with Crippen LogP contribution in [0.4, 0.5) is 11.5 Å². The molecule has 4 heterocycles. The molecule has 0 saturated carbocycles. The zero-order chi connectivity index (χ0) is 28.5. The third-order valence-corrected chi connectivity index (χ3v) is 12.8. The molecule has 1 saturated heterocycles. The summed E-state index contributed by atoms with van der Waals surface area (Å²) in [5.74, 6) is 0.899. The number of carbonyl (C=O) groups is 1. The van der Waals surface area contributed by atoms with Crippen molar-refractivity contribution >= 4 is 36.6 Å². The number of piperidine rings is 1. The fourth-order valence-corrected chi connectivity index (χ4v) is 5.74. The summed E-state index contributed by atoms with van der Waals surface area (Å²) in [5, 5.41) is 11.4. The van der Waals surface area contributed by atoms with E-state index in [-0.39, 0.29) is 16.6 Å². The van der Waals surface area contributed by atoms with E-state index in [1.54, 1.807) is 24.5 Å². The first-order valence-corrected chi connectivity index (χ1v) is 16.7. The van der Waals surface area contributed by atoms with Crippen LogP contribution in [0.2, 0.25) is 18.1 Å². The molecule has 11 heteroatoms. The number of hydrogen-bond acceptors (Lipinski definition) is 8. The maximum atomic E-state index is 13.2. The van der Waals surface area contributed by atoms with Gasteiger partial charge in [0.1, 0.15) is 12.1 Å². The van der Waals surface area contributed by atoms with E-state index < -0.39 is 8.32 Å². The van der Waals surface area contributed by atoms with Crippen molar-refractivity contribution in [2.45, 2.75) is 58.3 Å². The number of pyridine rings is 1. The lowest BCUT2D eigenvalue weighted by atomic mass is 9.97. The lowest BCUT2D eigenvalue weighted by molar-refractivity contribution is 0.102. The number of oxazole rings is 1. The van der Waals surface area contributed by atoms with Gasteiger partial charge in [0.2, 0.25) is 5.89 Å². The molecule has 1 fully saturated rings. The Morgan fingerprint density at radius 3 is 2.75 bits per heavy atom. The number of nitrogens with one attached hydrogen (secondary N) is 2. The van der Waals surface area contributed by atoms with Crippen LogP contribution in [0.1, 0.15) is 49.7 Å². The Bertz CT molecular complexity index is 1480. The fraction of sp³-hybridized carbons (Fsp3) is 0.448.